The van der Waals surface area contributed by atoms with Crippen molar-refractivity contribution in [1.29, 1.82) is 0 Å². The van der Waals surface area contributed by atoms with Crippen LogP contribution in [0.1, 0.15) is 32.1 Å². The molecule has 1 aliphatic carbocycles. The van der Waals surface area contributed by atoms with Crippen LogP contribution in [0.4, 0.5) is 0 Å². The third-order valence-corrected chi connectivity index (χ3v) is 1.99. The quantitative estimate of drug-likeness (QED) is 0.516. The minimum absolute atomic E-state index is 0.939. The molecule has 1 aliphatic rings. The van der Waals surface area contributed by atoms with Crippen molar-refractivity contribution in [3.05, 3.63) is 6.42 Å². The molecule has 1 unspecified atom stereocenters. The Balaban J connectivity index is 1.68. The van der Waals surface area contributed by atoms with Gasteiger partial charge in [0.05, 0.1) is 0 Å². The highest BCUT2D eigenvalue weighted by molar-refractivity contribution is 4.93. The second-order valence-corrected chi connectivity index (χ2v) is 3.07. The maximum absolute atomic E-state index is 4.96. The summed E-state index contributed by atoms with van der Waals surface area (Å²) in [6.07, 6.45) is 9.18. The Hall–Kier alpha value is -0.0400. The Labute approximate surface area is 63.8 Å². The summed E-state index contributed by atoms with van der Waals surface area (Å²) in [5.41, 5.74) is 0. The van der Waals surface area contributed by atoms with E-state index in [4.69, 9.17) is 4.74 Å². The van der Waals surface area contributed by atoms with Gasteiger partial charge < -0.3 is 4.74 Å². The van der Waals surface area contributed by atoms with E-state index in [-0.39, 0.29) is 0 Å². The van der Waals surface area contributed by atoms with Crippen molar-refractivity contribution >= 4 is 0 Å². The minimum Gasteiger partial charge on any atom is -0.385 e. The van der Waals surface area contributed by atoms with Crippen LogP contribution in [0.3, 0.4) is 0 Å². The molecule has 0 amide bonds. The van der Waals surface area contributed by atoms with Crippen molar-refractivity contribution in [3.8, 4) is 0 Å². The lowest BCUT2D eigenvalue weighted by molar-refractivity contribution is 0.192. The van der Waals surface area contributed by atoms with Crippen molar-refractivity contribution in [2.24, 2.45) is 5.92 Å². The third-order valence-electron chi connectivity index (χ3n) is 1.99. The normalized spacial score (nSPS) is 17.7. The summed E-state index contributed by atoms with van der Waals surface area (Å²) in [6.45, 7) is 0.939. The smallest absolute Gasteiger partial charge is 0.0462 e. The SMILES string of the molecule is COCCCCCC1[CH]C1. The fraction of sp³-hybridized carbons (Fsp3) is 0.889. The molecule has 0 spiro atoms. The van der Waals surface area contributed by atoms with Gasteiger partial charge in [-0.3, -0.25) is 0 Å². The molecular weight excluding hydrogens is 124 g/mol. The van der Waals surface area contributed by atoms with Crippen molar-refractivity contribution in [2.45, 2.75) is 32.1 Å². The Bertz CT molecular complexity index is 76.8. The lowest BCUT2D eigenvalue weighted by Gasteiger charge is -1.97. The maximum atomic E-state index is 4.96. The van der Waals surface area contributed by atoms with Crippen LogP contribution in [-0.2, 0) is 4.74 Å². The van der Waals surface area contributed by atoms with Crippen LogP contribution in [0.25, 0.3) is 0 Å². The molecule has 0 heterocycles. The summed E-state index contributed by atoms with van der Waals surface area (Å²) in [7, 11) is 1.77. The van der Waals surface area contributed by atoms with Crippen LogP contribution in [0, 0.1) is 12.3 Å². The van der Waals surface area contributed by atoms with Crippen molar-refractivity contribution < 1.29 is 4.74 Å². The molecule has 1 atom stereocenters. The fourth-order valence-electron chi connectivity index (χ4n) is 1.16. The van der Waals surface area contributed by atoms with Crippen LogP contribution in [0.2, 0.25) is 0 Å². The molecule has 0 aliphatic heterocycles. The molecular formula is C9H17O. The molecule has 0 saturated heterocycles. The Morgan fingerprint density at radius 1 is 1.40 bits per heavy atom. The van der Waals surface area contributed by atoms with Gasteiger partial charge in [0.2, 0.25) is 0 Å². The van der Waals surface area contributed by atoms with Crippen LogP contribution < -0.4 is 0 Å². The van der Waals surface area contributed by atoms with Gasteiger partial charge in [-0.2, -0.15) is 0 Å². The average molecular weight is 141 g/mol. The number of rotatable bonds is 6. The first-order chi connectivity index (χ1) is 4.93. The molecule has 1 fully saturated rings. The molecule has 59 valence electrons. The largest absolute Gasteiger partial charge is 0.385 e. The van der Waals surface area contributed by atoms with Gasteiger partial charge in [0, 0.05) is 13.7 Å². The van der Waals surface area contributed by atoms with E-state index < -0.39 is 0 Å². The predicted octanol–water partition coefficient (Wildman–Crippen LogP) is 2.42. The molecule has 0 bridgehead atoms. The number of unbranched alkanes of at least 4 members (excludes halogenated alkanes) is 2. The molecule has 0 aromatic carbocycles. The van der Waals surface area contributed by atoms with Crippen LogP contribution in [0.15, 0.2) is 0 Å². The van der Waals surface area contributed by atoms with E-state index in [1.54, 1.807) is 7.11 Å². The molecule has 1 heteroatoms. The van der Waals surface area contributed by atoms with Gasteiger partial charge in [0.15, 0.2) is 0 Å². The predicted molar refractivity (Wildman–Crippen MR) is 42.8 cm³/mol. The van der Waals surface area contributed by atoms with Gasteiger partial charge in [-0.05, 0) is 25.2 Å². The highest BCUT2D eigenvalue weighted by atomic mass is 16.5. The zero-order chi connectivity index (χ0) is 7.23. The summed E-state index contributed by atoms with van der Waals surface area (Å²) in [5, 5.41) is 0. The van der Waals surface area contributed by atoms with E-state index in [9.17, 15) is 0 Å². The monoisotopic (exact) mass is 141 g/mol. The molecule has 0 aromatic rings. The molecule has 1 radical (unpaired) electrons. The Morgan fingerprint density at radius 3 is 2.80 bits per heavy atom. The second kappa shape index (κ2) is 4.73. The van der Waals surface area contributed by atoms with Gasteiger partial charge in [-0.15, -0.1) is 0 Å². The molecule has 10 heavy (non-hydrogen) atoms. The summed E-state index contributed by atoms with van der Waals surface area (Å²) in [4.78, 5) is 0. The highest BCUT2D eigenvalue weighted by Crippen LogP contribution is 2.32. The van der Waals surface area contributed by atoms with Crippen LogP contribution >= 0.6 is 0 Å². The summed E-state index contributed by atoms with van der Waals surface area (Å²) < 4.78 is 4.96. The number of hydrogen-bond donors (Lipinski definition) is 0. The summed E-state index contributed by atoms with van der Waals surface area (Å²) in [6, 6.07) is 0. The molecule has 0 aromatic heterocycles. The zero-order valence-corrected chi connectivity index (χ0v) is 6.81. The van der Waals surface area contributed by atoms with E-state index >= 15 is 0 Å². The van der Waals surface area contributed by atoms with Gasteiger partial charge in [-0.1, -0.05) is 19.3 Å². The zero-order valence-electron chi connectivity index (χ0n) is 6.81. The van der Waals surface area contributed by atoms with Crippen LogP contribution in [0.5, 0.6) is 0 Å². The van der Waals surface area contributed by atoms with Gasteiger partial charge >= 0.3 is 0 Å². The third kappa shape index (κ3) is 3.89. The Kier molecular flexibility index (Phi) is 3.81. The lowest BCUT2D eigenvalue weighted by atomic mass is 10.1. The van der Waals surface area contributed by atoms with Gasteiger partial charge in [0.1, 0.15) is 0 Å². The second-order valence-electron chi connectivity index (χ2n) is 3.07. The standard InChI is InChI=1S/C9H17O/c1-10-8-4-2-3-5-9-6-7-9/h6,9H,2-5,7-8H2,1H3. The van der Waals surface area contributed by atoms with Crippen molar-refractivity contribution in [1.82, 2.24) is 0 Å². The highest BCUT2D eigenvalue weighted by Gasteiger charge is 2.20. The Morgan fingerprint density at radius 2 is 2.20 bits per heavy atom. The van der Waals surface area contributed by atoms with Gasteiger partial charge in [0.25, 0.3) is 0 Å². The minimum atomic E-state index is 0.939. The number of ether oxygens (including phenoxy) is 1. The number of hydrogen-bond acceptors (Lipinski definition) is 1. The van der Waals surface area contributed by atoms with Crippen LogP contribution in [-0.4, -0.2) is 13.7 Å². The van der Waals surface area contributed by atoms with E-state index in [2.05, 4.69) is 6.42 Å². The number of methoxy groups -OCH3 is 1. The van der Waals surface area contributed by atoms with E-state index in [0.29, 0.717) is 0 Å². The summed E-state index contributed by atoms with van der Waals surface area (Å²) in [5.74, 6) is 0.988. The summed E-state index contributed by atoms with van der Waals surface area (Å²) >= 11 is 0. The van der Waals surface area contributed by atoms with E-state index in [0.717, 1.165) is 12.5 Å². The van der Waals surface area contributed by atoms with E-state index in [1.807, 2.05) is 0 Å². The van der Waals surface area contributed by atoms with Crippen molar-refractivity contribution in [2.75, 3.05) is 13.7 Å². The molecule has 0 N–H and O–H groups in total. The first-order valence-corrected chi connectivity index (χ1v) is 4.26. The first kappa shape index (κ1) is 8.06. The average Bonchev–Trinajstić information content (AvgIpc) is 2.71. The van der Waals surface area contributed by atoms with Gasteiger partial charge in [-0.25, -0.2) is 0 Å². The first-order valence-electron chi connectivity index (χ1n) is 4.26. The van der Waals surface area contributed by atoms with Crippen molar-refractivity contribution in [3.63, 3.8) is 0 Å². The lowest BCUT2D eigenvalue weighted by Crippen LogP contribution is -1.88. The molecule has 1 rings (SSSR count). The molecule has 1 nitrogen and oxygen atoms in total. The fourth-order valence-corrected chi connectivity index (χ4v) is 1.16. The topological polar surface area (TPSA) is 9.23 Å². The molecule has 1 saturated carbocycles. The maximum Gasteiger partial charge on any atom is 0.0462 e. The van der Waals surface area contributed by atoms with E-state index in [1.165, 1.54) is 32.1 Å².